The van der Waals surface area contributed by atoms with Gasteiger partial charge in [0.2, 0.25) is 0 Å². The van der Waals surface area contributed by atoms with E-state index in [-0.39, 0.29) is 10.8 Å². The summed E-state index contributed by atoms with van der Waals surface area (Å²) < 4.78 is 8.27. The molecular formula is C19H20N2O3S. The van der Waals surface area contributed by atoms with Crippen molar-refractivity contribution in [3.05, 3.63) is 57.7 Å². The van der Waals surface area contributed by atoms with Crippen molar-refractivity contribution in [2.75, 3.05) is 5.32 Å². The van der Waals surface area contributed by atoms with Gasteiger partial charge in [0.05, 0.1) is 10.2 Å². The fourth-order valence-electron chi connectivity index (χ4n) is 2.61. The molecule has 1 atom stereocenters. The number of carbonyl (C=O) groups is 1. The number of hydrogen-bond acceptors (Lipinski definition) is 4. The van der Waals surface area contributed by atoms with Crippen LogP contribution in [-0.4, -0.2) is 16.6 Å². The highest BCUT2D eigenvalue weighted by molar-refractivity contribution is 7.16. The van der Waals surface area contributed by atoms with E-state index in [4.69, 9.17) is 4.74 Å². The third-order valence-corrected chi connectivity index (χ3v) is 4.99. The Morgan fingerprint density at radius 3 is 2.80 bits per heavy atom. The first-order valence-corrected chi connectivity index (χ1v) is 8.93. The summed E-state index contributed by atoms with van der Waals surface area (Å²) in [6.45, 7) is 3.89. The standard InChI is InChI=1S/C19H20N2O3S/c1-4-16(24-14-7-5-6-12(2)10-14)18(22)20-13-8-9-15-17(11-13)25-19(23)21(15)3/h5-11,16H,4H2,1-3H3,(H,20,22)/t16-/m1/s1. The molecule has 0 radical (unpaired) electrons. The number of anilines is 1. The number of thiazole rings is 1. The largest absolute Gasteiger partial charge is 0.481 e. The summed E-state index contributed by atoms with van der Waals surface area (Å²) in [5.74, 6) is 0.477. The van der Waals surface area contributed by atoms with E-state index in [1.165, 1.54) is 0 Å². The summed E-state index contributed by atoms with van der Waals surface area (Å²) in [6.07, 6.45) is -0.0206. The Balaban J connectivity index is 1.76. The average Bonchev–Trinajstić information content (AvgIpc) is 2.86. The fourth-order valence-corrected chi connectivity index (χ4v) is 3.53. The van der Waals surface area contributed by atoms with Crippen molar-refractivity contribution < 1.29 is 9.53 Å². The van der Waals surface area contributed by atoms with E-state index in [1.807, 2.05) is 50.2 Å². The number of hydrogen-bond donors (Lipinski definition) is 1. The molecule has 25 heavy (non-hydrogen) atoms. The van der Waals surface area contributed by atoms with E-state index in [2.05, 4.69) is 5.32 Å². The first-order chi connectivity index (χ1) is 12.0. The van der Waals surface area contributed by atoms with E-state index in [0.717, 1.165) is 27.1 Å². The van der Waals surface area contributed by atoms with Crippen LogP contribution in [0.2, 0.25) is 0 Å². The second kappa shape index (κ2) is 7.11. The molecule has 0 bridgehead atoms. The van der Waals surface area contributed by atoms with Crippen LogP contribution in [0.15, 0.2) is 47.3 Å². The van der Waals surface area contributed by atoms with Crippen molar-refractivity contribution >= 4 is 33.1 Å². The lowest BCUT2D eigenvalue weighted by Gasteiger charge is -2.17. The molecule has 3 rings (SSSR count). The third-order valence-electron chi connectivity index (χ3n) is 3.99. The number of aryl methyl sites for hydroxylation is 2. The van der Waals surface area contributed by atoms with Crippen molar-refractivity contribution in [3.8, 4) is 5.75 Å². The van der Waals surface area contributed by atoms with Crippen LogP contribution >= 0.6 is 11.3 Å². The summed E-state index contributed by atoms with van der Waals surface area (Å²) in [6, 6.07) is 13.1. The number of aromatic nitrogens is 1. The molecule has 2 aromatic carbocycles. The molecule has 0 fully saturated rings. The molecule has 1 heterocycles. The lowest BCUT2D eigenvalue weighted by Crippen LogP contribution is -2.32. The minimum atomic E-state index is -0.577. The van der Waals surface area contributed by atoms with Gasteiger partial charge in [-0.05, 0) is 49.2 Å². The van der Waals surface area contributed by atoms with Crippen LogP contribution in [0.1, 0.15) is 18.9 Å². The highest BCUT2D eigenvalue weighted by Gasteiger charge is 2.19. The Hall–Kier alpha value is -2.60. The summed E-state index contributed by atoms with van der Waals surface area (Å²) in [5, 5.41) is 2.88. The average molecular weight is 356 g/mol. The normalized spacial score (nSPS) is 12.1. The third kappa shape index (κ3) is 3.74. The molecule has 0 unspecified atom stereocenters. The van der Waals surface area contributed by atoms with Gasteiger partial charge in [0, 0.05) is 12.7 Å². The number of fused-ring (bicyclic) bond motifs is 1. The lowest BCUT2D eigenvalue weighted by atomic mass is 10.2. The van der Waals surface area contributed by atoms with Crippen LogP contribution < -0.4 is 14.9 Å². The maximum absolute atomic E-state index is 12.5. The highest BCUT2D eigenvalue weighted by Crippen LogP contribution is 2.22. The van der Waals surface area contributed by atoms with Crippen molar-refractivity contribution in [1.29, 1.82) is 0 Å². The number of nitrogens with zero attached hydrogens (tertiary/aromatic N) is 1. The first-order valence-electron chi connectivity index (χ1n) is 8.11. The molecule has 0 spiro atoms. The predicted octanol–water partition coefficient (Wildman–Crippen LogP) is 3.70. The van der Waals surface area contributed by atoms with Crippen molar-refractivity contribution in [1.82, 2.24) is 4.57 Å². The second-order valence-electron chi connectivity index (χ2n) is 5.93. The molecule has 0 aliphatic rings. The number of ether oxygens (including phenoxy) is 1. The molecule has 6 heteroatoms. The molecule has 0 saturated heterocycles. The van der Waals surface area contributed by atoms with Crippen LogP contribution in [0.25, 0.3) is 10.2 Å². The number of rotatable bonds is 5. The van der Waals surface area contributed by atoms with Crippen LogP contribution in [-0.2, 0) is 11.8 Å². The van der Waals surface area contributed by atoms with Gasteiger partial charge in [0.25, 0.3) is 5.91 Å². The first kappa shape index (κ1) is 17.2. The number of benzene rings is 2. The Morgan fingerprint density at radius 2 is 2.08 bits per heavy atom. The molecule has 0 saturated carbocycles. The van der Waals surface area contributed by atoms with E-state index in [1.54, 1.807) is 17.7 Å². The zero-order valence-electron chi connectivity index (χ0n) is 14.4. The summed E-state index contributed by atoms with van der Waals surface area (Å²) in [7, 11) is 1.74. The van der Waals surface area contributed by atoms with Gasteiger partial charge < -0.3 is 14.6 Å². The van der Waals surface area contributed by atoms with Crippen molar-refractivity contribution in [2.24, 2.45) is 7.05 Å². The van der Waals surface area contributed by atoms with Gasteiger partial charge in [-0.1, -0.05) is 30.4 Å². The fraction of sp³-hybridized carbons (Fsp3) is 0.263. The predicted molar refractivity (Wildman–Crippen MR) is 102 cm³/mol. The Bertz CT molecular complexity index is 974. The quantitative estimate of drug-likeness (QED) is 0.758. The molecule has 130 valence electrons. The summed E-state index contributed by atoms with van der Waals surface area (Å²) in [4.78, 5) is 24.3. The van der Waals surface area contributed by atoms with E-state index in [0.29, 0.717) is 17.9 Å². The zero-order valence-corrected chi connectivity index (χ0v) is 15.2. The maximum Gasteiger partial charge on any atom is 0.307 e. The zero-order chi connectivity index (χ0) is 18.0. The Kier molecular flexibility index (Phi) is 4.90. The Morgan fingerprint density at radius 1 is 1.28 bits per heavy atom. The summed E-state index contributed by atoms with van der Waals surface area (Å²) >= 11 is 1.16. The molecule has 0 aliphatic carbocycles. The van der Waals surface area contributed by atoms with Gasteiger partial charge in [0.15, 0.2) is 6.10 Å². The molecule has 1 N–H and O–H groups in total. The van der Waals surface area contributed by atoms with Crippen molar-refractivity contribution in [3.63, 3.8) is 0 Å². The van der Waals surface area contributed by atoms with Crippen LogP contribution in [0.4, 0.5) is 5.69 Å². The molecular weight excluding hydrogens is 336 g/mol. The monoisotopic (exact) mass is 356 g/mol. The molecule has 1 amide bonds. The molecule has 5 nitrogen and oxygen atoms in total. The van der Waals surface area contributed by atoms with Gasteiger partial charge in [-0.15, -0.1) is 0 Å². The molecule has 3 aromatic rings. The minimum absolute atomic E-state index is 0.0207. The minimum Gasteiger partial charge on any atom is -0.481 e. The maximum atomic E-state index is 12.5. The molecule has 1 aromatic heterocycles. The molecule has 0 aliphatic heterocycles. The number of nitrogens with one attached hydrogen (secondary N) is 1. The smallest absolute Gasteiger partial charge is 0.307 e. The Labute approximate surface area is 149 Å². The highest BCUT2D eigenvalue weighted by atomic mass is 32.1. The van der Waals surface area contributed by atoms with Crippen LogP contribution in [0.3, 0.4) is 0 Å². The van der Waals surface area contributed by atoms with Gasteiger partial charge in [-0.2, -0.15) is 0 Å². The second-order valence-corrected chi connectivity index (χ2v) is 6.92. The number of carbonyl (C=O) groups excluding carboxylic acids is 1. The number of amides is 1. The van der Waals surface area contributed by atoms with Crippen LogP contribution in [0, 0.1) is 6.92 Å². The van der Waals surface area contributed by atoms with E-state index < -0.39 is 6.10 Å². The van der Waals surface area contributed by atoms with Gasteiger partial charge in [0.1, 0.15) is 5.75 Å². The van der Waals surface area contributed by atoms with E-state index >= 15 is 0 Å². The van der Waals surface area contributed by atoms with E-state index in [9.17, 15) is 9.59 Å². The van der Waals surface area contributed by atoms with Gasteiger partial charge in [-0.3, -0.25) is 9.59 Å². The van der Waals surface area contributed by atoms with Gasteiger partial charge >= 0.3 is 4.87 Å². The van der Waals surface area contributed by atoms with Gasteiger partial charge in [-0.25, -0.2) is 0 Å². The lowest BCUT2D eigenvalue weighted by molar-refractivity contribution is -0.122. The SMILES string of the molecule is CC[C@@H](Oc1cccc(C)c1)C(=O)Nc1ccc2c(c1)sc(=O)n2C. The van der Waals surface area contributed by atoms with Crippen LogP contribution in [0.5, 0.6) is 5.75 Å². The summed E-state index contributed by atoms with van der Waals surface area (Å²) in [5.41, 5.74) is 2.60. The topological polar surface area (TPSA) is 60.3 Å². The van der Waals surface area contributed by atoms with Crippen molar-refractivity contribution in [2.45, 2.75) is 26.4 Å².